The lowest BCUT2D eigenvalue weighted by molar-refractivity contribution is -0.135. The van der Waals surface area contributed by atoms with Gasteiger partial charge in [-0.1, -0.05) is 17.7 Å². The normalized spacial score (nSPS) is 14.8. The van der Waals surface area contributed by atoms with Crippen LogP contribution >= 0.6 is 22.9 Å². The molecule has 1 aromatic heterocycles. The number of rotatable bonds is 7. The quantitative estimate of drug-likeness (QED) is 0.765. The molecular formula is C19H22ClN3O3S. The molecular weight excluding hydrogens is 386 g/mol. The molecule has 0 spiro atoms. The minimum absolute atomic E-state index is 0.0180. The Morgan fingerprint density at radius 3 is 2.52 bits per heavy atom. The topological polar surface area (TPSA) is 61.9 Å². The van der Waals surface area contributed by atoms with Gasteiger partial charge in [-0.25, -0.2) is 0 Å². The van der Waals surface area contributed by atoms with Gasteiger partial charge < -0.3 is 15.0 Å². The second-order valence-corrected chi connectivity index (χ2v) is 7.58. The number of thiophene rings is 1. The fourth-order valence-corrected chi connectivity index (χ4v) is 3.58. The van der Waals surface area contributed by atoms with Gasteiger partial charge in [-0.05, 0) is 35.7 Å². The van der Waals surface area contributed by atoms with E-state index in [2.05, 4.69) is 10.2 Å². The molecule has 1 fully saturated rings. The highest BCUT2D eigenvalue weighted by Crippen LogP contribution is 2.15. The highest BCUT2D eigenvalue weighted by molar-refractivity contribution is 7.12. The lowest BCUT2D eigenvalue weighted by Crippen LogP contribution is -2.51. The van der Waals surface area contributed by atoms with E-state index < -0.39 is 0 Å². The van der Waals surface area contributed by atoms with Crippen LogP contribution in [0.15, 0.2) is 41.8 Å². The Hall–Kier alpha value is -2.09. The number of amides is 2. The average Bonchev–Trinajstić information content (AvgIpc) is 3.23. The third-order valence-electron chi connectivity index (χ3n) is 4.36. The summed E-state index contributed by atoms with van der Waals surface area (Å²) < 4.78 is 5.52. The van der Waals surface area contributed by atoms with Gasteiger partial charge in [-0.2, -0.15) is 0 Å². The largest absolute Gasteiger partial charge is 0.484 e. The summed E-state index contributed by atoms with van der Waals surface area (Å²) in [5.41, 5.74) is 0. The monoisotopic (exact) mass is 407 g/mol. The Bertz CT molecular complexity index is 744. The van der Waals surface area contributed by atoms with Crippen LogP contribution in [0.4, 0.5) is 0 Å². The molecule has 0 unspecified atom stereocenters. The molecule has 3 rings (SSSR count). The van der Waals surface area contributed by atoms with Gasteiger partial charge in [0, 0.05) is 44.3 Å². The number of hydrogen-bond acceptors (Lipinski definition) is 5. The van der Waals surface area contributed by atoms with E-state index in [4.69, 9.17) is 16.3 Å². The van der Waals surface area contributed by atoms with Crippen molar-refractivity contribution in [3.05, 3.63) is 51.7 Å². The zero-order valence-electron chi connectivity index (χ0n) is 14.9. The van der Waals surface area contributed by atoms with E-state index in [1.165, 1.54) is 11.3 Å². The van der Waals surface area contributed by atoms with Crippen molar-refractivity contribution in [3.8, 4) is 5.75 Å². The summed E-state index contributed by atoms with van der Waals surface area (Å²) in [6, 6.07) is 10.6. The van der Waals surface area contributed by atoms with Crippen molar-refractivity contribution in [2.75, 3.05) is 45.9 Å². The molecule has 1 saturated heterocycles. The number of carbonyl (C=O) groups is 2. The second-order valence-electron chi connectivity index (χ2n) is 6.20. The average molecular weight is 408 g/mol. The number of nitrogens with one attached hydrogen (secondary N) is 1. The Kier molecular flexibility index (Phi) is 7.09. The van der Waals surface area contributed by atoms with Gasteiger partial charge in [-0.15, -0.1) is 11.3 Å². The first kappa shape index (κ1) is 19.7. The Labute approximate surface area is 167 Å². The zero-order valence-corrected chi connectivity index (χ0v) is 16.5. The van der Waals surface area contributed by atoms with Gasteiger partial charge in [0.05, 0.1) is 4.88 Å². The molecule has 27 heavy (non-hydrogen) atoms. The van der Waals surface area contributed by atoms with Gasteiger partial charge in [0.15, 0.2) is 6.61 Å². The molecule has 8 heteroatoms. The van der Waals surface area contributed by atoms with Crippen LogP contribution in [-0.2, 0) is 4.79 Å². The summed E-state index contributed by atoms with van der Waals surface area (Å²) in [5.74, 6) is 0.585. The Morgan fingerprint density at radius 2 is 1.85 bits per heavy atom. The van der Waals surface area contributed by atoms with E-state index >= 15 is 0 Å². The molecule has 0 radical (unpaired) electrons. The third-order valence-corrected chi connectivity index (χ3v) is 5.48. The number of piperazine rings is 1. The standard InChI is InChI=1S/C19H22ClN3O3S/c20-15-3-5-16(6-4-15)26-14-18(24)23-11-9-22(10-12-23)8-7-21-19(25)17-2-1-13-27-17/h1-6,13H,7-12,14H2,(H,21,25). The number of benzene rings is 1. The van der Waals surface area contributed by atoms with Crippen molar-refractivity contribution in [2.24, 2.45) is 0 Å². The predicted octanol–water partition coefficient (Wildman–Crippen LogP) is 2.35. The van der Waals surface area contributed by atoms with Gasteiger partial charge in [0.2, 0.25) is 0 Å². The Balaban J connectivity index is 1.32. The van der Waals surface area contributed by atoms with Crippen LogP contribution in [0.5, 0.6) is 5.75 Å². The first-order valence-corrected chi connectivity index (χ1v) is 10.1. The zero-order chi connectivity index (χ0) is 19.1. The summed E-state index contributed by atoms with van der Waals surface area (Å²) in [6.45, 7) is 4.33. The highest BCUT2D eigenvalue weighted by atomic mass is 35.5. The molecule has 2 aromatic rings. The van der Waals surface area contributed by atoms with E-state index in [1.54, 1.807) is 24.3 Å². The summed E-state index contributed by atoms with van der Waals surface area (Å²) in [7, 11) is 0. The lowest BCUT2D eigenvalue weighted by atomic mass is 10.3. The van der Waals surface area contributed by atoms with Crippen LogP contribution in [0.1, 0.15) is 9.67 Å². The molecule has 144 valence electrons. The summed E-state index contributed by atoms with van der Waals surface area (Å²) in [6.07, 6.45) is 0. The fraction of sp³-hybridized carbons (Fsp3) is 0.368. The van der Waals surface area contributed by atoms with Gasteiger partial charge in [-0.3, -0.25) is 14.5 Å². The maximum Gasteiger partial charge on any atom is 0.261 e. The fourth-order valence-electron chi connectivity index (χ4n) is 2.81. The number of nitrogens with zero attached hydrogens (tertiary/aromatic N) is 2. The van der Waals surface area contributed by atoms with Gasteiger partial charge in [0.1, 0.15) is 5.75 Å². The van der Waals surface area contributed by atoms with E-state index in [0.717, 1.165) is 24.5 Å². The number of hydrogen-bond donors (Lipinski definition) is 1. The second kappa shape index (κ2) is 9.73. The van der Waals surface area contributed by atoms with Gasteiger partial charge in [0.25, 0.3) is 11.8 Å². The lowest BCUT2D eigenvalue weighted by Gasteiger charge is -2.34. The maximum atomic E-state index is 12.3. The smallest absolute Gasteiger partial charge is 0.261 e. The number of carbonyl (C=O) groups excluding carboxylic acids is 2. The van der Waals surface area contributed by atoms with Crippen molar-refractivity contribution in [3.63, 3.8) is 0 Å². The minimum atomic E-state index is -0.0295. The van der Waals surface area contributed by atoms with E-state index in [9.17, 15) is 9.59 Å². The third kappa shape index (κ3) is 5.95. The molecule has 1 N–H and O–H groups in total. The molecule has 1 aliphatic heterocycles. The van der Waals surface area contributed by atoms with E-state index in [-0.39, 0.29) is 18.4 Å². The van der Waals surface area contributed by atoms with Crippen LogP contribution in [0.2, 0.25) is 5.02 Å². The number of ether oxygens (including phenoxy) is 1. The molecule has 0 atom stereocenters. The molecule has 0 aliphatic carbocycles. The van der Waals surface area contributed by atoms with E-state index in [1.807, 2.05) is 22.4 Å². The molecule has 2 amide bonds. The summed E-state index contributed by atoms with van der Waals surface area (Å²) >= 11 is 7.27. The van der Waals surface area contributed by atoms with Crippen LogP contribution < -0.4 is 10.1 Å². The SMILES string of the molecule is O=C(NCCN1CCN(C(=O)COc2ccc(Cl)cc2)CC1)c1cccs1. The van der Waals surface area contributed by atoms with E-state index in [0.29, 0.717) is 30.4 Å². The molecule has 6 nitrogen and oxygen atoms in total. The molecule has 2 heterocycles. The van der Waals surface area contributed by atoms with Crippen LogP contribution in [0.25, 0.3) is 0 Å². The van der Waals surface area contributed by atoms with Crippen molar-refractivity contribution in [1.82, 2.24) is 15.1 Å². The summed E-state index contributed by atoms with van der Waals surface area (Å²) in [5, 5.41) is 5.45. The van der Waals surface area contributed by atoms with Crippen LogP contribution in [0, 0.1) is 0 Å². The van der Waals surface area contributed by atoms with Crippen molar-refractivity contribution < 1.29 is 14.3 Å². The highest BCUT2D eigenvalue weighted by Gasteiger charge is 2.21. The Morgan fingerprint density at radius 1 is 1.11 bits per heavy atom. The molecule has 1 aromatic carbocycles. The summed E-state index contributed by atoms with van der Waals surface area (Å²) in [4.78, 5) is 29.0. The van der Waals surface area contributed by atoms with Crippen molar-refractivity contribution in [2.45, 2.75) is 0 Å². The van der Waals surface area contributed by atoms with Crippen LogP contribution in [-0.4, -0.2) is 67.5 Å². The predicted molar refractivity (Wildman–Crippen MR) is 107 cm³/mol. The van der Waals surface area contributed by atoms with Crippen molar-refractivity contribution >= 4 is 34.8 Å². The molecule has 0 saturated carbocycles. The first-order valence-electron chi connectivity index (χ1n) is 8.82. The number of halogens is 1. The first-order chi connectivity index (χ1) is 13.1. The minimum Gasteiger partial charge on any atom is -0.484 e. The molecule has 0 bridgehead atoms. The van der Waals surface area contributed by atoms with Gasteiger partial charge >= 0.3 is 0 Å². The molecule has 1 aliphatic rings. The van der Waals surface area contributed by atoms with Crippen molar-refractivity contribution in [1.29, 1.82) is 0 Å². The van der Waals surface area contributed by atoms with Crippen LogP contribution in [0.3, 0.4) is 0 Å². The maximum absolute atomic E-state index is 12.3.